The van der Waals surface area contributed by atoms with Gasteiger partial charge in [-0.3, -0.25) is 4.79 Å². The smallest absolute Gasteiger partial charge is 0.305 e. The standard InChI is InChI=1S/C24H21NO3/c26-23(25-15-7-8-16-25)18-13-14-21-22(17-18)28-24(27-21,19-9-3-1-4-10-19)20-11-5-2-6-12-20/h1-6,9-14,17H,7-8,15-16H2. The van der Waals surface area contributed by atoms with Crippen LogP contribution in [0.3, 0.4) is 0 Å². The van der Waals surface area contributed by atoms with Crippen molar-refractivity contribution >= 4 is 5.91 Å². The normalized spacial score (nSPS) is 16.9. The molecule has 4 heteroatoms. The third-order valence-electron chi connectivity index (χ3n) is 5.40. The van der Waals surface area contributed by atoms with Crippen LogP contribution in [0.2, 0.25) is 0 Å². The van der Waals surface area contributed by atoms with E-state index in [1.165, 1.54) is 0 Å². The molecule has 5 rings (SSSR count). The average molecular weight is 371 g/mol. The maximum absolute atomic E-state index is 12.8. The largest absolute Gasteiger partial charge is 0.440 e. The zero-order chi connectivity index (χ0) is 19.0. The number of carbonyl (C=O) groups is 1. The van der Waals surface area contributed by atoms with Gasteiger partial charge in [0.15, 0.2) is 11.5 Å². The molecule has 140 valence electrons. The van der Waals surface area contributed by atoms with Gasteiger partial charge in [-0.15, -0.1) is 0 Å². The molecule has 3 aromatic carbocycles. The fourth-order valence-electron chi connectivity index (χ4n) is 3.96. The van der Waals surface area contributed by atoms with Gasteiger partial charge < -0.3 is 14.4 Å². The molecule has 0 atom stereocenters. The first-order valence-corrected chi connectivity index (χ1v) is 9.69. The summed E-state index contributed by atoms with van der Waals surface area (Å²) in [6.45, 7) is 1.65. The van der Waals surface area contributed by atoms with E-state index in [1.807, 2.05) is 83.8 Å². The van der Waals surface area contributed by atoms with Crippen molar-refractivity contribution < 1.29 is 14.3 Å². The molecule has 0 N–H and O–H groups in total. The summed E-state index contributed by atoms with van der Waals surface area (Å²) < 4.78 is 12.8. The van der Waals surface area contributed by atoms with Gasteiger partial charge in [-0.05, 0) is 31.0 Å². The summed E-state index contributed by atoms with van der Waals surface area (Å²) in [7, 11) is 0. The highest BCUT2D eigenvalue weighted by Gasteiger charge is 2.45. The predicted octanol–water partition coefficient (Wildman–Crippen LogP) is 4.60. The Labute approximate surface area is 164 Å². The molecule has 0 aromatic heterocycles. The van der Waals surface area contributed by atoms with Crippen molar-refractivity contribution in [2.45, 2.75) is 18.6 Å². The molecular weight excluding hydrogens is 350 g/mol. The summed E-state index contributed by atoms with van der Waals surface area (Å²) in [5, 5.41) is 0. The van der Waals surface area contributed by atoms with Crippen LogP contribution in [-0.4, -0.2) is 23.9 Å². The van der Waals surface area contributed by atoms with Gasteiger partial charge in [-0.25, -0.2) is 0 Å². The van der Waals surface area contributed by atoms with E-state index in [4.69, 9.17) is 9.47 Å². The minimum absolute atomic E-state index is 0.0563. The Morgan fingerprint density at radius 3 is 1.93 bits per heavy atom. The summed E-state index contributed by atoms with van der Waals surface area (Å²) >= 11 is 0. The van der Waals surface area contributed by atoms with Crippen molar-refractivity contribution in [2.24, 2.45) is 0 Å². The van der Waals surface area contributed by atoms with Gasteiger partial charge in [0, 0.05) is 29.8 Å². The average Bonchev–Trinajstić information content (AvgIpc) is 3.42. The third-order valence-corrected chi connectivity index (χ3v) is 5.40. The number of hydrogen-bond donors (Lipinski definition) is 0. The Morgan fingerprint density at radius 1 is 0.750 bits per heavy atom. The Kier molecular flexibility index (Phi) is 4.05. The van der Waals surface area contributed by atoms with Gasteiger partial charge in [-0.1, -0.05) is 60.7 Å². The molecule has 0 aliphatic carbocycles. The van der Waals surface area contributed by atoms with E-state index >= 15 is 0 Å². The Hall–Kier alpha value is -3.27. The second-order valence-electron chi connectivity index (χ2n) is 7.21. The molecule has 0 spiro atoms. The first-order valence-electron chi connectivity index (χ1n) is 9.69. The summed E-state index contributed by atoms with van der Waals surface area (Å²) in [6.07, 6.45) is 2.14. The van der Waals surface area contributed by atoms with Crippen LogP contribution < -0.4 is 9.47 Å². The van der Waals surface area contributed by atoms with Crippen LogP contribution in [0.5, 0.6) is 11.5 Å². The van der Waals surface area contributed by atoms with Gasteiger partial charge in [0.2, 0.25) is 0 Å². The molecule has 0 saturated carbocycles. The molecule has 28 heavy (non-hydrogen) atoms. The quantitative estimate of drug-likeness (QED) is 0.676. The molecule has 1 fully saturated rings. The lowest BCUT2D eigenvalue weighted by atomic mass is 9.97. The molecular formula is C24H21NO3. The van der Waals surface area contributed by atoms with Gasteiger partial charge in [0.1, 0.15) is 0 Å². The van der Waals surface area contributed by atoms with Crippen LogP contribution in [-0.2, 0) is 5.79 Å². The van der Waals surface area contributed by atoms with Crippen molar-refractivity contribution in [3.63, 3.8) is 0 Å². The molecule has 0 unspecified atom stereocenters. The predicted molar refractivity (Wildman–Crippen MR) is 106 cm³/mol. The summed E-state index contributed by atoms with van der Waals surface area (Å²) in [4.78, 5) is 14.7. The fourth-order valence-corrected chi connectivity index (χ4v) is 3.96. The monoisotopic (exact) mass is 371 g/mol. The topological polar surface area (TPSA) is 38.8 Å². The van der Waals surface area contributed by atoms with E-state index in [-0.39, 0.29) is 5.91 Å². The zero-order valence-electron chi connectivity index (χ0n) is 15.5. The molecule has 0 bridgehead atoms. The van der Waals surface area contributed by atoms with E-state index < -0.39 is 5.79 Å². The Morgan fingerprint density at radius 2 is 1.32 bits per heavy atom. The lowest BCUT2D eigenvalue weighted by molar-refractivity contribution is -0.0459. The third kappa shape index (κ3) is 2.73. The van der Waals surface area contributed by atoms with Crippen molar-refractivity contribution in [3.8, 4) is 11.5 Å². The molecule has 4 nitrogen and oxygen atoms in total. The van der Waals surface area contributed by atoms with Crippen LogP contribution >= 0.6 is 0 Å². The van der Waals surface area contributed by atoms with E-state index in [1.54, 1.807) is 0 Å². The Balaban J connectivity index is 1.55. The van der Waals surface area contributed by atoms with E-state index in [0.717, 1.165) is 37.1 Å². The molecule has 0 radical (unpaired) electrons. The molecule has 1 amide bonds. The number of ether oxygens (including phenoxy) is 2. The number of hydrogen-bond acceptors (Lipinski definition) is 3. The molecule has 3 aromatic rings. The lowest BCUT2D eigenvalue weighted by Gasteiger charge is -2.28. The van der Waals surface area contributed by atoms with Crippen LogP contribution in [0.1, 0.15) is 34.3 Å². The molecule has 2 aliphatic rings. The van der Waals surface area contributed by atoms with E-state index in [0.29, 0.717) is 17.1 Å². The highest BCUT2D eigenvalue weighted by atomic mass is 16.7. The maximum atomic E-state index is 12.8. The van der Waals surface area contributed by atoms with Crippen molar-refractivity contribution in [1.29, 1.82) is 0 Å². The van der Waals surface area contributed by atoms with Crippen molar-refractivity contribution in [3.05, 3.63) is 95.6 Å². The van der Waals surface area contributed by atoms with Gasteiger partial charge in [-0.2, -0.15) is 0 Å². The number of fused-ring (bicyclic) bond motifs is 1. The summed E-state index contributed by atoms with van der Waals surface area (Å²) in [6, 6.07) is 25.3. The maximum Gasteiger partial charge on any atom is 0.305 e. The number of carbonyl (C=O) groups excluding carboxylic acids is 1. The van der Waals surface area contributed by atoms with Gasteiger partial charge in [0.25, 0.3) is 5.91 Å². The fraction of sp³-hybridized carbons (Fsp3) is 0.208. The molecule has 2 aliphatic heterocycles. The number of nitrogens with zero attached hydrogens (tertiary/aromatic N) is 1. The summed E-state index contributed by atoms with van der Waals surface area (Å²) in [5.41, 5.74) is 2.45. The first-order chi connectivity index (χ1) is 13.8. The van der Waals surface area contributed by atoms with Crippen LogP contribution in [0, 0.1) is 0 Å². The highest BCUT2D eigenvalue weighted by molar-refractivity contribution is 5.95. The number of amides is 1. The summed E-state index contributed by atoms with van der Waals surface area (Å²) in [5.74, 6) is 0.240. The van der Waals surface area contributed by atoms with Crippen molar-refractivity contribution in [1.82, 2.24) is 4.90 Å². The second-order valence-corrected chi connectivity index (χ2v) is 7.21. The SMILES string of the molecule is O=C(c1ccc2c(c1)OC(c1ccccc1)(c1ccccc1)O2)N1CCCC1. The molecule has 2 heterocycles. The second kappa shape index (κ2) is 6.71. The van der Waals surface area contributed by atoms with Crippen LogP contribution in [0.25, 0.3) is 0 Å². The van der Waals surface area contributed by atoms with E-state index in [2.05, 4.69) is 0 Å². The number of likely N-dealkylation sites (tertiary alicyclic amines) is 1. The van der Waals surface area contributed by atoms with Gasteiger partial charge >= 0.3 is 5.79 Å². The minimum Gasteiger partial charge on any atom is -0.440 e. The first kappa shape index (κ1) is 16.9. The number of benzene rings is 3. The Bertz CT molecular complexity index is 955. The lowest BCUT2D eigenvalue weighted by Crippen LogP contribution is -2.36. The van der Waals surface area contributed by atoms with Gasteiger partial charge in [0.05, 0.1) is 0 Å². The molecule has 1 saturated heterocycles. The minimum atomic E-state index is -1.06. The zero-order valence-corrected chi connectivity index (χ0v) is 15.5. The van der Waals surface area contributed by atoms with Crippen LogP contribution in [0.4, 0.5) is 0 Å². The number of rotatable bonds is 3. The van der Waals surface area contributed by atoms with E-state index in [9.17, 15) is 4.79 Å². The highest BCUT2D eigenvalue weighted by Crippen LogP contribution is 2.47. The van der Waals surface area contributed by atoms with Crippen LogP contribution in [0.15, 0.2) is 78.9 Å². The van der Waals surface area contributed by atoms with Crippen molar-refractivity contribution in [2.75, 3.05) is 13.1 Å².